The summed E-state index contributed by atoms with van der Waals surface area (Å²) in [5.41, 5.74) is 2.76. The van der Waals surface area contributed by atoms with Gasteiger partial charge in [0.2, 0.25) is 0 Å². The van der Waals surface area contributed by atoms with Gasteiger partial charge in [-0.05, 0) is 0 Å². The summed E-state index contributed by atoms with van der Waals surface area (Å²) in [4.78, 5) is 13.0. The molecule has 16 heavy (non-hydrogen) atoms. The van der Waals surface area contributed by atoms with E-state index >= 15 is 0 Å². The summed E-state index contributed by atoms with van der Waals surface area (Å²) in [6.07, 6.45) is 3.88. The Morgan fingerprint density at radius 3 is 3.12 bits per heavy atom. The lowest BCUT2D eigenvalue weighted by Gasteiger charge is -1.92. The molecule has 0 spiro atoms. The summed E-state index contributed by atoms with van der Waals surface area (Å²) < 4.78 is 2.05. The van der Waals surface area contributed by atoms with E-state index in [1.54, 1.807) is 6.21 Å². The van der Waals surface area contributed by atoms with Gasteiger partial charge in [-0.1, -0.05) is 24.3 Å². The van der Waals surface area contributed by atoms with E-state index in [4.69, 9.17) is 0 Å². The van der Waals surface area contributed by atoms with Gasteiger partial charge in [-0.15, -0.1) is 0 Å². The summed E-state index contributed by atoms with van der Waals surface area (Å²) in [5, 5.41) is 2.37. The van der Waals surface area contributed by atoms with Gasteiger partial charge in [-0.2, -0.15) is 0 Å². The van der Waals surface area contributed by atoms with Crippen LogP contribution in [0.25, 0.3) is 16.4 Å². The Kier molecular flexibility index (Phi) is 1.33. The maximum Gasteiger partial charge on any atom is 0.163 e. The minimum absolute atomic E-state index is 0.502. The summed E-state index contributed by atoms with van der Waals surface area (Å²) in [6.45, 7) is 0.502. The third-order valence-electron chi connectivity index (χ3n) is 2.90. The molecule has 0 amide bonds. The van der Waals surface area contributed by atoms with Crippen molar-refractivity contribution >= 4 is 22.6 Å². The standard InChI is InChI=1S/C12H8N4/c1-2-4-9-8(3-1)6-16-11(9)15-10-5-13-7-14-12(10)16/h1-6H,7H2. The van der Waals surface area contributed by atoms with Crippen molar-refractivity contribution in [3.63, 3.8) is 0 Å². The van der Waals surface area contributed by atoms with Crippen molar-refractivity contribution in [1.29, 1.82) is 0 Å². The molecule has 4 heteroatoms. The number of aromatic nitrogens is 2. The molecule has 0 atom stereocenters. The molecule has 0 fully saturated rings. The van der Waals surface area contributed by atoms with Crippen molar-refractivity contribution in [3.8, 4) is 0 Å². The van der Waals surface area contributed by atoms with Gasteiger partial charge in [-0.25, -0.2) is 9.98 Å². The number of fused-ring (bicyclic) bond motifs is 5. The minimum atomic E-state index is 0.502. The van der Waals surface area contributed by atoms with Crippen LogP contribution in [-0.4, -0.2) is 22.3 Å². The van der Waals surface area contributed by atoms with E-state index in [1.165, 1.54) is 10.8 Å². The van der Waals surface area contributed by atoms with Crippen molar-refractivity contribution in [1.82, 2.24) is 9.38 Å². The zero-order chi connectivity index (χ0) is 10.5. The molecular formula is C12H8N4. The SMILES string of the molecule is C1=NCN=c2c1nc1c3ccccc3cn21. The lowest BCUT2D eigenvalue weighted by molar-refractivity contribution is 0.940. The Morgan fingerprint density at radius 1 is 1.19 bits per heavy atom. The van der Waals surface area contributed by atoms with Crippen LogP contribution in [0, 0.1) is 0 Å². The van der Waals surface area contributed by atoms with Gasteiger partial charge in [0.1, 0.15) is 18.0 Å². The molecule has 0 saturated carbocycles. The number of hydrogen-bond donors (Lipinski definition) is 0. The monoisotopic (exact) mass is 208 g/mol. The highest BCUT2D eigenvalue weighted by molar-refractivity contribution is 5.96. The second-order valence-corrected chi connectivity index (χ2v) is 3.84. The molecule has 2 aromatic heterocycles. The number of benzene rings is 1. The third kappa shape index (κ3) is 0.863. The van der Waals surface area contributed by atoms with Crippen molar-refractivity contribution in [2.75, 3.05) is 6.67 Å². The lowest BCUT2D eigenvalue weighted by Crippen LogP contribution is -2.16. The van der Waals surface area contributed by atoms with Crippen LogP contribution in [0.2, 0.25) is 0 Å². The smallest absolute Gasteiger partial charge is 0.163 e. The van der Waals surface area contributed by atoms with Gasteiger partial charge in [0.25, 0.3) is 0 Å². The van der Waals surface area contributed by atoms with Gasteiger partial charge in [0.15, 0.2) is 5.49 Å². The highest BCUT2D eigenvalue weighted by Gasteiger charge is 2.11. The average Bonchev–Trinajstić information content (AvgIpc) is 2.85. The van der Waals surface area contributed by atoms with Crippen LogP contribution < -0.4 is 5.49 Å². The summed E-state index contributed by atoms with van der Waals surface area (Å²) in [6, 6.07) is 8.24. The van der Waals surface area contributed by atoms with Crippen LogP contribution in [0.3, 0.4) is 0 Å². The lowest BCUT2D eigenvalue weighted by atomic mass is 10.2. The van der Waals surface area contributed by atoms with E-state index in [0.717, 1.165) is 16.8 Å². The highest BCUT2D eigenvalue weighted by atomic mass is 15.1. The predicted octanol–water partition coefficient (Wildman–Crippen LogP) is 1.22. The van der Waals surface area contributed by atoms with E-state index in [1.807, 2.05) is 16.5 Å². The van der Waals surface area contributed by atoms with Gasteiger partial charge < -0.3 is 0 Å². The zero-order valence-electron chi connectivity index (χ0n) is 8.46. The Labute approximate surface area is 91.0 Å². The first-order chi connectivity index (χ1) is 7.93. The zero-order valence-corrected chi connectivity index (χ0v) is 8.46. The predicted molar refractivity (Wildman–Crippen MR) is 61.9 cm³/mol. The summed E-state index contributed by atoms with van der Waals surface area (Å²) in [7, 11) is 0. The van der Waals surface area contributed by atoms with Crippen molar-refractivity contribution in [2.45, 2.75) is 0 Å². The van der Waals surface area contributed by atoms with Gasteiger partial charge >= 0.3 is 0 Å². The molecule has 0 unspecified atom stereocenters. The van der Waals surface area contributed by atoms with Crippen LogP contribution in [0.1, 0.15) is 5.69 Å². The largest absolute Gasteiger partial charge is 0.283 e. The van der Waals surface area contributed by atoms with E-state index in [2.05, 4.69) is 33.3 Å². The number of nitrogens with zero attached hydrogens (tertiary/aromatic N) is 4. The first-order valence-electron chi connectivity index (χ1n) is 5.17. The van der Waals surface area contributed by atoms with E-state index in [-0.39, 0.29) is 0 Å². The molecular weight excluding hydrogens is 200 g/mol. The van der Waals surface area contributed by atoms with Crippen LogP contribution in [0.15, 0.2) is 40.4 Å². The molecule has 1 aliphatic rings. The molecule has 0 N–H and O–H groups in total. The molecule has 0 saturated heterocycles. The third-order valence-corrected chi connectivity index (χ3v) is 2.90. The number of aliphatic imine (C=N–C) groups is 1. The van der Waals surface area contributed by atoms with E-state index < -0.39 is 0 Å². The highest BCUT2D eigenvalue weighted by Crippen LogP contribution is 2.19. The Bertz CT molecular complexity index is 782. The topological polar surface area (TPSA) is 42.0 Å². The number of rotatable bonds is 0. The maximum atomic E-state index is 4.56. The second-order valence-electron chi connectivity index (χ2n) is 3.84. The van der Waals surface area contributed by atoms with Gasteiger partial charge in [0, 0.05) is 17.0 Å². The second kappa shape index (κ2) is 2.66. The first kappa shape index (κ1) is 7.98. The molecule has 1 aromatic carbocycles. The number of imidazole rings is 1. The Morgan fingerprint density at radius 2 is 2.12 bits per heavy atom. The quantitative estimate of drug-likeness (QED) is 0.547. The normalized spacial score (nSPS) is 14.2. The van der Waals surface area contributed by atoms with Crippen LogP contribution in [-0.2, 0) is 0 Å². The van der Waals surface area contributed by atoms with Crippen LogP contribution >= 0.6 is 0 Å². The fourth-order valence-corrected chi connectivity index (χ4v) is 2.19. The summed E-state index contributed by atoms with van der Waals surface area (Å²) in [5.74, 6) is 0. The fourth-order valence-electron chi connectivity index (χ4n) is 2.19. The average molecular weight is 208 g/mol. The molecule has 3 heterocycles. The van der Waals surface area contributed by atoms with Crippen molar-refractivity contribution in [3.05, 3.63) is 41.6 Å². The molecule has 76 valence electrons. The molecule has 1 aliphatic heterocycles. The molecule has 4 nitrogen and oxygen atoms in total. The maximum absolute atomic E-state index is 4.56. The van der Waals surface area contributed by atoms with Crippen LogP contribution in [0.5, 0.6) is 0 Å². The number of hydrogen-bond acceptors (Lipinski definition) is 3. The molecule has 0 radical (unpaired) electrons. The first-order valence-corrected chi connectivity index (χ1v) is 5.17. The van der Waals surface area contributed by atoms with Crippen molar-refractivity contribution in [2.24, 2.45) is 9.98 Å². The van der Waals surface area contributed by atoms with E-state index in [0.29, 0.717) is 6.67 Å². The van der Waals surface area contributed by atoms with Gasteiger partial charge in [0.05, 0.1) is 6.21 Å². The minimum Gasteiger partial charge on any atom is -0.283 e. The van der Waals surface area contributed by atoms with Crippen LogP contribution in [0.4, 0.5) is 0 Å². The van der Waals surface area contributed by atoms with Gasteiger partial charge in [-0.3, -0.25) is 9.39 Å². The molecule has 4 rings (SSSR count). The van der Waals surface area contributed by atoms with E-state index in [9.17, 15) is 0 Å². The molecule has 0 aliphatic carbocycles. The fraction of sp³-hybridized carbons (Fsp3) is 0.0833. The summed E-state index contributed by atoms with van der Waals surface area (Å²) >= 11 is 0. The Hall–Kier alpha value is -2.23. The molecule has 3 aromatic rings. The molecule has 0 bridgehead atoms. The van der Waals surface area contributed by atoms with Crippen molar-refractivity contribution < 1.29 is 0 Å². The Balaban J connectivity index is 2.30.